The normalized spacial score (nSPS) is 10.7. The van der Waals surface area contributed by atoms with Crippen molar-refractivity contribution < 1.29 is 5.11 Å². The Bertz CT molecular complexity index is 675. The number of phenolic OH excluding ortho intramolecular Hbond substituents is 1. The zero-order chi connectivity index (χ0) is 12.5. The van der Waals surface area contributed by atoms with Gasteiger partial charge in [0.15, 0.2) is 11.6 Å². The number of aromatic amines is 1. The molecular formula is C12H10N4OS. The van der Waals surface area contributed by atoms with Crippen LogP contribution in [0.5, 0.6) is 5.75 Å². The third kappa shape index (κ3) is 1.72. The first-order chi connectivity index (χ1) is 8.75. The highest BCUT2D eigenvalue weighted by atomic mass is 32.1. The largest absolute Gasteiger partial charge is 0.505 e. The third-order valence-electron chi connectivity index (χ3n) is 2.55. The number of hydrogen-bond acceptors (Lipinski definition) is 5. The molecule has 0 radical (unpaired) electrons. The SMILES string of the molecule is Nc1cccc(-c2n[nH]c(-c3cccs3)n2)c1O. The molecule has 0 unspecified atom stereocenters. The molecule has 0 aliphatic heterocycles. The topological polar surface area (TPSA) is 87.8 Å². The van der Waals surface area contributed by atoms with Crippen molar-refractivity contribution >= 4 is 17.0 Å². The van der Waals surface area contributed by atoms with Crippen molar-refractivity contribution in [1.82, 2.24) is 15.2 Å². The highest BCUT2D eigenvalue weighted by molar-refractivity contribution is 7.13. The maximum Gasteiger partial charge on any atom is 0.185 e. The Hall–Kier alpha value is -2.34. The zero-order valence-electron chi connectivity index (χ0n) is 9.29. The highest BCUT2D eigenvalue weighted by Gasteiger charge is 2.13. The molecular weight excluding hydrogens is 248 g/mol. The lowest BCUT2D eigenvalue weighted by atomic mass is 10.1. The molecule has 2 heterocycles. The number of H-pyrrole nitrogens is 1. The van der Waals surface area contributed by atoms with Crippen molar-refractivity contribution in [3.8, 4) is 27.8 Å². The van der Waals surface area contributed by atoms with Crippen LogP contribution in [0.4, 0.5) is 5.69 Å². The molecule has 2 aromatic heterocycles. The van der Waals surface area contributed by atoms with Gasteiger partial charge in [0.2, 0.25) is 0 Å². The summed E-state index contributed by atoms with van der Waals surface area (Å²) in [5.41, 5.74) is 6.48. The molecule has 0 aliphatic carbocycles. The monoisotopic (exact) mass is 258 g/mol. The Morgan fingerprint density at radius 3 is 2.89 bits per heavy atom. The molecule has 0 saturated heterocycles. The van der Waals surface area contributed by atoms with E-state index in [9.17, 15) is 5.11 Å². The van der Waals surface area contributed by atoms with E-state index in [1.54, 1.807) is 29.5 Å². The van der Waals surface area contributed by atoms with Crippen molar-refractivity contribution in [3.05, 3.63) is 35.7 Å². The molecule has 0 bridgehead atoms. The number of anilines is 1. The van der Waals surface area contributed by atoms with Gasteiger partial charge >= 0.3 is 0 Å². The second-order valence-electron chi connectivity index (χ2n) is 3.73. The summed E-state index contributed by atoms with van der Waals surface area (Å²) in [7, 11) is 0. The summed E-state index contributed by atoms with van der Waals surface area (Å²) in [5.74, 6) is 1.12. The zero-order valence-corrected chi connectivity index (χ0v) is 10.1. The average molecular weight is 258 g/mol. The molecule has 5 nitrogen and oxygen atoms in total. The molecule has 0 spiro atoms. The number of rotatable bonds is 2. The number of hydrogen-bond donors (Lipinski definition) is 3. The first-order valence-corrected chi connectivity index (χ1v) is 6.18. The van der Waals surface area contributed by atoms with E-state index >= 15 is 0 Å². The van der Waals surface area contributed by atoms with Crippen LogP contribution < -0.4 is 5.73 Å². The van der Waals surface area contributed by atoms with E-state index in [2.05, 4.69) is 15.2 Å². The van der Waals surface area contributed by atoms with Crippen LogP contribution in [0.1, 0.15) is 0 Å². The van der Waals surface area contributed by atoms with Crippen molar-refractivity contribution in [2.24, 2.45) is 0 Å². The molecule has 0 amide bonds. The first kappa shape index (κ1) is 10.8. The second-order valence-corrected chi connectivity index (χ2v) is 4.68. The molecule has 0 fully saturated rings. The van der Waals surface area contributed by atoms with Gasteiger partial charge in [-0.3, -0.25) is 5.10 Å². The minimum absolute atomic E-state index is 0.00855. The number of nitrogens with zero attached hydrogens (tertiary/aromatic N) is 2. The molecule has 3 aromatic rings. The van der Waals surface area contributed by atoms with Crippen LogP contribution in [-0.4, -0.2) is 20.3 Å². The summed E-state index contributed by atoms with van der Waals surface area (Å²) in [6.07, 6.45) is 0. The van der Waals surface area contributed by atoms with Crippen LogP contribution >= 0.6 is 11.3 Å². The lowest BCUT2D eigenvalue weighted by molar-refractivity contribution is 0.479. The number of para-hydroxylation sites is 1. The van der Waals surface area contributed by atoms with Gasteiger partial charge in [-0.25, -0.2) is 4.98 Å². The van der Waals surface area contributed by atoms with E-state index in [1.807, 2.05) is 17.5 Å². The van der Waals surface area contributed by atoms with E-state index in [0.717, 1.165) is 4.88 Å². The van der Waals surface area contributed by atoms with Gasteiger partial charge < -0.3 is 10.8 Å². The summed E-state index contributed by atoms with van der Waals surface area (Å²) < 4.78 is 0. The molecule has 0 atom stereocenters. The van der Waals surface area contributed by atoms with Crippen molar-refractivity contribution in [1.29, 1.82) is 0 Å². The Morgan fingerprint density at radius 1 is 1.22 bits per heavy atom. The summed E-state index contributed by atoms with van der Waals surface area (Å²) in [6, 6.07) is 9.01. The number of aromatic nitrogens is 3. The van der Waals surface area contributed by atoms with Crippen molar-refractivity contribution in [3.63, 3.8) is 0 Å². The van der Waals surface area contributed by atoms with E-state index in [-0.39, 0.29) is 5.75 Å². The molecule has 4 N–H and O–H groups in total. The van der Waals surface area contributed by atoms with Gasteiger partial charge in [0, 0.05) is 0 Å². The minimum atomic E-state index is 0.00855. The maximum atomic E-state index is 9.87. The van der Waals surface area contributed by atoms with E-state index < -0.39 is 0 Å². The van der Waals surface area contributed by atoms with Gasteiger partial charge in [0.1, 0.15) is 5.75 Å². The number of nitrogen functional groups attached to an aromatic ring is 1. The molecule has 1 aromatic carbocycles. The van der Waals surface area contributed by atoms with Crippen LogP contribution in [0.15, 0.2) is 35.7 Å². The number of benzene rings is 1. The number of phenols is 1. The number of aromatic hydroxyl groups is 1. The van der Waals surface area contributed by atoms with E-state index in [1.165, 1.54) is 0 Å². The van der Waals surface area contributed by atoms with E-state index in [4.69, 9.17) is 5.73 Å². The standard InChI is InChI=1S/C12H10N4OS/c13-8-4-1-3-7(10(8)17)11-14-12(16-15-11)9-5-2-6-18-9/h1-6,17H,13H2,(H,14,15,16). The third-order valence-corrected chi connectivity index (χ3v) is 3.42. The second kappa shape index (κ2) is 4.15. The van der Waals surface area contributed by atoms with Crippen LogP contribution in [0.3, 0.4) is 0 Å². The summed E-state index contributed by atoms with van der Waals surface area (Å²) >= 11 is 1.57. The predicted molar refractivity (Wildman–Crippen MR) is 71.2 cm³/mol. The summed E-state index contributed by atoms with van der Waals surface area (Å²) in [4.78, 5) is 5.35. The molecule has 0 saturated carbocycles. The van der Waals surface area contributed by atoms with Gasteiger partial charge in [-0.1, -0.05) is 12.1 Å². The van der Waals surface area contributed by atoms with Gasteiger partial charge in [-0.15, -0.1) is 11.3 Å². The predicted octanol–water partition coefficient (Wildman–Crippen LogP) is 2.49. The molecule has 0 aliphatic rings. The van der Waals surface area contributed by atoms with Crippen LogP contribution in [0.2, 0.25) is 0 Å². The molecule has 3 rings (SSSR count). The number of nitrogens with two attached hydrogens (primary N) is 1. The smallest absolute Gasteiger partial charge is 0.185 e. The van der Waals surface area contributed by atoms with Crippen LogP contribution in [0.25, 0.3) is 22.1 Å². The van der Waals surface area contributed by atoms with Crippen LogP contribution in [0, 0.1) is 0 Å². The molecule has 6 heteroatoms. The maximum absolute atomic E-state index is 9.87. The fourth-order valence-corrected chi connectivity index (χ4v) is 2.31. The average Bonchev–Trinajstić information content (AvgIpc) is 3.01. The van der Waals surface area contributed by atoms with E-state index in [0.29, 0.717) is 22.9 Å². The Balaban J connectivity index is 2.06. The lowest BCUT2D eigenvalue weighted by Crippen LogP contribution is -1.88. The van der Waals surface area contributed by atoms with Crippen molar-refractivity contribution in [2.45, 2.75) is 0 Å². The molecule has 18 heavy (non-hydrogen) atoms. The quantitative estimate of drug-likeness (QED) is 0.486. The summed E-state index contributed by atoms with van der Waals surface area (Å²) in [6.45, 7) is 0. The van der Waals surface area contributed by atoms with Gasteiger partial charge in [0.05, 0.1) is 16.1 Å². The minimum Gasteiger partial charge on any atom is -0.505 e. The van der Waals surface area contributed by atoms with Crippen molar-refractivity contribution in [2.75, 3.05) is 5.73 Å². The van der Waals surface area contributed by atoms with Gasteiger partial charge in [0.25, 0.3) is 0 Å². The lowest BCUT2D eigenvalue weighted by Gasteiger charge is -2.02. The Kier molecular flexibility index (Phi) is 2.49. The van der Waals surface area contributed by atoms with Gasteiger partial charge in [-0.2, -0.15) is 5.10 Å². The number of thiophene rings is 1. The Labute approximate surface area is 107 Å². The van der Waals surface area contributed by atoms with Gasteiger partial charge in [-0.05, 0) is 23.6 Å². The fraction of sp³-hybridized carbons (Fsp3) is 0. The number of nitrogens with one attached hydrogen (secondary N) is 1. The Morgan fingerprint density at radius 2 is 2.11 bits per heavy atom. The first-order valence-electron chi connectivity index (χ1n) is 5.30. The molecule has 90 valence electrons. The fourth-order valence-electron chi connectivity index (χ4n) is 1.65. The highest BCUT2D eigenvalue weighted by Crippen LogP contribution is 2.32. The van der Waals surface area contributed by atoms with Crippen LogP contribution in [-0.2, 0) is 0 Å². The summed E-state index contributed by atoms with van der Waals surface area (Å²) in [5, 5.41) is 18.8.